The lowest BCUT2D eigenvalue weighted by Crippen LogP contribution is -2.38. The van der Waals surface area contributed by atoms with Gasteiger partial charge in [-0.3, -0.25) is 0 Å². The van der Waals surface area contributed by atoms with E-state index in [9.17, 15) is 0 Å². The molecule has 1 atom stereocenters. The number of thiophene rings is 1. The number of likely N-dealkylation sites (tertiary alicyclic amines) is 1. The second-order valence-corrected chi connectivity index (χ2v) is 8.60. The first kappa shape index (κ1) is 19.3. The molecule has 1 aliphatic rings. The van der Waals surface area contributed by atoms with Gasteiger partial charge in [0.15, 0.2) is 5.82 Å². The second kappa shape index (κ2) is 8.55. The zero-order chi connectivity index (χ0) is 19.5. The predicted molar refractivity (Wildman–Crippen MR) is 117 cm³/mol. The van der Waals surface area contributed by atoms with Crippen LogP contribution in [0.25, 0.3) is 21.3 Å². The second-order valence-electron chi connectivity index (χ2n) is 7.74. The third kappa shape index (κ3) is 4.04. The van der Waals surface area contributed by atoms with E-state index in [2.05, 4.69) is 59.6 Å². The van der Waals surface area contributed by atoms with Gasteiger partial charge in [0.05, 0.1) is 5.39 Å². The topological polar surface area (TPSA) is 41.5 Å². The van der Waals surface area contributed by atoms with Gasteiger partial charge in [0.25, 0.3) is 0 Å². The normalized spacial score (nSPS) is 17.9. The molecule has 6 heteroatoms. The summed E-state index contributed by atoms with van der Waals surface area (Å²) in [6, 6.07) is 10.5. The van der Waals surface area contributed by atoms with E-state index in [1.807, 2.05) is 0 Å². The minimum Gasteiger partial charge on any atom is -0.377 e. The van der Waals surface area contributed by atoms with Crippen LogP contribution >= 0.6 is 11.3 Å². The van der Waals surface area contributed by atoms with Gasteiger partial charge in [-0.05, 0) is 37.9 Å². The van der Waals surface area contributed by atoms with Crippen molar-refractivity contribution in [3.8, 4) is 11.1 Å². The fraction of sp³-hybridized carbons (Fsp3) is 0.455. The zero-order valence-electron chi connectivity index (χ0n) is 16.9. The molecule has 1 aromatic carbocycles. The van der Waals surface area contributed by atoms with Gasteiger partial charge in [0, 0.05) is 38.2 Å². The molecule has 5 nitrogen and oxygen atoms in total. The monoisotopic (exact) mass is 396 g/mol. The molecule has 28 heavy (non-hydrogen) atoms. The fourth-order valence-corrected chi connectivity index (χ4v) is 5.12. The molecule has 0 spiro atoms. The van der Waals surface area contributed by atoms with Crippen LogP contribution in [-0.4, -0.2) is 55.7 Å². The first-order valence-corrected chi connectivity index (χ1v) is 10.8. The van der Waals surface area contributed by atoms with Crippen molar-refractivity contribution in [3.63, 3.8) is 0 Å². The maximum absolute atomic E-state index is 5.32. The molecular formula is C22H28N4OS. The molecule has 148 valence electrons. The molecule has 1 fully saturated rings. The lowest BCUT2D eigenvalue weighted by atomic mass is 9.98. The van der Waals surface area contributed by atoms with Crippen molar-refractivity contribution in [1.29, 1.82) is 0 Å². The molecule has 0 aliphatic carbocycles. The Hall–Kier alpha value is -2.02. The SMILES string of the molecule is COCc1nc(N(C)CC2CCCN(C)C2)c2c(-c3ccccc3)csc2n1. The lowest BCUT2D eigenvalue weighted by Gasteiger charge is -2.33. The molecule has 0 radical (unpaired) electrons. The number of fused-ring (bicyclic) bond motifs is 1. The van der Waals surface area contributed by atoms with Crippen molar-refractivity contribution < 1.29 is 4.74 Å². The van der Waals surface area contributed by atoms with E-state index in [0.29, 0.717) is 12.5 Å². The van der Waals surface area contributed by atoms with Crippen LogP contribution in [0.2, 0.25) is 0 Å². The van der Waals surface area contributed by atoms with E-state index in [0.717, 1.165) is 34.9 Å². The lowest BCUT2D eigenvalue weighted by molar-refractivity contribution is 0.178. The summed E-state index contributed by atoms with van der Waals surface area (Å²) in [5, 5.41) is 3.36. The molecule has 0 N–H and O–H groups in total. The summed E-state index contributed by atoms with van der Waals surface area (Å²) < 4.78 is 5.32. The minimum atomic E-state index is 0.432. The van der Waals surface area contributed by atoms with Crippen molar-refractivity contribution in [2.24, 2.45) is 5.92 Å². The van der Waals surface area contributed by atoms with E-state index in [1.54, 1.807) is 18.4 Å². The molecular weight excluding hydrogens is 368 g/mol. The molecule has 1 aliphatic heterocycles. The maximum atomic E-state index is 5.32. The van der Waals surface area contributed by atoms with Crippen LogP contribution in [0.5, 0.6) is 0 Å². The number of rotatable bonds is 6. The van der Waals surface area contributed by atoms with Crippen LogP contribution in [0.15, 0.2) is 35.7 Å². The van der Waals surface area contributed by atoms with Gasteiger partial charge in [-0.15, -0.1) is 11.3 Å². The number of hydrogen-bond donors (Lipinski definition) is 0. The van der Waals surface area contributed by atoms with Crippen molar-refractivity contribution in [3.05, 3.63) is 41.5 Å². The first-order valence-electron chi connectivity index (χ1n) is 9.88. The van der Waals surface area contributed by atoms with Gasteiger partial charge in [-0.25, -0.2) is 9.97 Å². The van der Waals surface area contributed by atoms with E-state index in [4.69, 9.17) is 14.7 Å². The van der Waals surface area contributed by atoms with Gasteiger partial charge in [-0.1, -0.05) is 30.3 Å². The molecule has 4 rings (SSSR count). The Kier molecular flexibility index (Phi) is 5.90. The van der Waals surface area contributed by atoms with Crippen LogP contribution in [-0.2, 0) is 11.3 Å². The Morgan fingerprint density at radius 1 is 1.25 bits per heavy atom. The standard InChI is InChI=1S/C22H28N4OS/c1-25-11-7-8-16(12-25)13-26(2)21-20-18(17-9-5-4-6-10-17)15-28-22(20)24-19(23-21)14-27-3/h4-6,9-10,15-16H,7-8,11-14H2,1-3H3. The maximum Gasteiger partial charge on any atom is 0.158 e. The molecule has 0 bridgehead atoms. The average Bonchev–Trinajstić information content (AvgIpc) is 3.12. The number of aromatic nitrogens is 2. The van der Waals surface area contributed by atoms with Crippen LogP contribution in [0.1, 0.15) is 18.7 Å². The first-order chi connectivity index (χ1) is 13.7. The van der Waals surface area contributed by atoms with E-state index < -0.39 is 0 Å². The highest BCUT2D eigenvalue weighted by molar-refractivity contribution is 7.17. The average molecular weight is 397 g/mol. The Labute approximate surface area is 171 Å². The van der Waals surface area contributed by atoms with Gasteiger partial charge < -0.3 is 14.5 Å². The highest BCUT2D eigenvalue weighted by atomic mass is 32.1. The molecule has 2 aromatic heterocycles. The van der Waals surface area contributed by atoms with Crippen LogP contribution in [0, 0.1) is 5.92 Å². The number of piperidine rings is 1. The van der Waals surface area contributed by atoms with E-state index in [1.165, 1.54) is 30.5 Å². The summed E-state index contributed by atoms with van der Waals surface area (Å²) in [5.41, 5.74) is 2.43. The summed E-state index contributed by atoms with van der Waals surface area (Å²) in [6.07, 6.45) is 2.56. The van der Waals surface area contributed by atoms with Gasteiger partial charge in [0.1, 0.15) is 17.3 Å². The largest absolute Gasteiger partial charge is 0.377 e. The van der Waals surface area contributed by atoms with E-state index in [-0.39, 0.29) is 0 Å². The summed E-state index contributed by atoms with van der Waals surface area (Å²) in [6.45, 7) is 3.80. The zero-order valence-corrected chi connectivity index (χ0v) is 17.7. The van der Waals surface area contributed by atoms with Crippen LogP contribution in [0.4, 0.5) is 5.82 Å². The number of nitrogens with zero attached hydrogens (tertiary/aromatic N) is 4. The Bertz CT molecular complexity index is 927. The van der Waals surface area contributed by atoms with Gasteiger partial charge >= 0.3 is 0 Å². The third-order valence-corrected chi connectivity index (χ3v) is 6.31. The highest BCUT2D eigenvalue weighted by Crippen LogP contribution is 2.38. The summed E-state index contributed by atoms with van der Waals surface area (Å²) >= 11 is 1.69. The minimum absolute atomic E-state index is 0.432. The molecule has 0 saturated carbocycles. The Morgan fingerprint density at radius 2 is 2.07 bits per heavy atom. The summed E-state index contributed by atoms with van der Waals surface area (Å²) in [4.78, 5) is 15.5. The van der Waals surface area contributed by atoms with Gasteiger partial charge in [-0.2, -0.15) is 0 Å². The smallest absolute Gasteiger partial charge is 0.158 e. The quantitative estimate of drug-likeness (QED) is 0.622. The number of benzene rings is 1. The summed E-state index contributed by atoms with van der Waals surface area (Å²) in [5.74, 6) is 2.43. The van der Waals surface area contributed by atoms with E-state index >= 15 is 0 Å². The van der Waals surface area contributed by atoms with Crippen LogP contribution < -0.4 is 4.90 Å². The molecule has 0 amide bonds. The number of methoxy groups -OCH3 is 1. The number of ether oxygens (including phenoxy) is 1. The fourth-order valence-electron chi connectivity index (χ4n) is 4.16. The van der Waals surface area contributed by atoms with Crippen molar-refractivity contribution in [1.82, 2.24) is 14.9 Å². The molecule has 1 saturated heterocycles. The van der Waals surface area contributed by atoms with Crippen LogP contribution in [0.3, 0.4) is 0 Å². The van der Waals surface area contributed by atoms with Gasteiger partial charge in [0.2, 0.25) is 0 Å². The highest BCUT2D eigenvalue weighted by Gasteiger charge is 2.22. The summed E-state index contributed by atoms with van der Waals surface area (Å²) in [7, 11) is 6.08. The molecule has 3 aromatic rings. The van der Waals surface area contributed by atoms with Crippen molar-refractivity contribution in [2.75, 3.05) is 45.7 Å². The third-order valence-electron chi connectivity index (χ3n) is 5.43. The Balaban J connectivity index is 1.74. The van der Waals surface area contributed by atoms with Crippen molar-refractivity contribution in [2.45, 2.75) is 19.4 Å². The predicted octanol–water partition coefficient (Wildman–Crippen LogP) is 4.28. The molecule has 3 heterocycles. The Morgan fingerprint density at radius 3 is 2.82 bits per heavy atom. The number of hydrogen-bond acceptors (Lipinski definition) is 6. The van der Waals surface area contributed by atoms with Crippen molar-refractivity contribution >= 4 is 27.4 Å². The number of anilines is 1. The molecule has 1 unspecified atom stereocenters.